The average molecular weight is 573 g/mol. The van der Waals surface area contributed by atoms with Crippen molar-refractivity contribution < 1.29 is 56.3 Å². The van der Waals surface area contributed by atoms with Crippen LogP contribution in [-0.2, 0) is 39.4 Å². The number of hydrogen-bond donors (Lipinski definition) is 3. The molecule has 2 aromatic carbocycles. The monoisotopic (exact) mass is 572 g/mol. The summed E-state index contributed by atoms with van der Waals surface area (Å²) in [4.78, 5) is 34.1. The number of amides is 1. The Bertz CT molecular complexity index is 1080. The fraction of sp³-hybridized carbons (Fsp3) is 0.423. The SMILES string of the molecule is O=C(O)COCC(=O)NCCOCCOCCOCCOC(=O)c1ccccc1Nc1cccc(C(F)(F)F)c1. The van der Waals surface area contributed by atoms with Crippen LogP contribution in [-0.4, -0.2) is 89.0 Å². The summed E-state index contributed by atoms with van der Waals surface area (Å²) < 4.78 is 64.7. The van der Waals surface area contributed by atoms with Gasteiger partial charge < -0.3 is 39.4 Å². The van der Waals surface area contributed by atoms with Gasteiger partial charge in [0.15, 0.2) is 0 Å². The molecule has 2 aromatic rings. The van der Waals surface area contributed by atoms with Crippen LogP contribution in [0.5, 0.6) is 0 Å². The topological polar surface area (TPSA) is 142 Å². The number of para-hydroxylation sites is 1. The standard InChI is InChI=1S/C26H31F3N2O9/c27-26(28,29)19-4-3-5-20(16-19)31-22-7-2-1-6-21(22)25(35)40-15-14-38-13-12-37-11-10-36-9-8-30-23(32)17-39-18-24(33)34/h1-7,16,31H,8-15,17-18H2,(H,30,32)(H,33,34). The molecule has 0 spiro atoms. The van der Waals surface area contributed by atoms with Crippen LogP contribution in [0.25, 0.3) is 0 Å². The van der Waals surface area contributed by atoms with Crippen LogP contribution < -0.4 is 10.6 Å². The molecule has 0 aromatic heterocycles. The third kappa shape index (κ3) is 13.4. The maximum absolute atomic E-state index is 13.0. The molecule has 0 atom stereocenters. The van der Waals surface area contributed by atoms with Crippen molar-refractivity contribution >= 4 is 29.2 Å². The van der Waals surface area contributed by atoms with Gasteiger partial charge >= 0.3 is 18.1 Å². The number of rotatable bonds is 19. The number of carboxylic acids is 1. The Morgan fingerprint density at radius 2 is 1.43 bits per heavy atom. The smallest absolute Gasteiger partial charge is 0.416 e. The molecule has 0 saturated heterocycles. The third-order valence-corrected chi connectivity index (χ3v) is 4.85. The fourth-order valence-corrected chi connectivity index (χ4v) is 3.06. The van der Waals surface area contributed by atoms with Gasteiger partial charge in [-0.15, -0.1) is 0 Å². The van der Waals surface area contributed by atoms with Crippen molar-refractivity contribution in [1.82, 2.24) is 5.32 Å². The van der Waals surface area contributed by atoms with E-state index >= 15 is 0 Å². The lowest BCUT2D eigenvalue weighted by Gasteiger charge is -2.13. The first-order valence-electron chi connectivity index (χ1n) is 12.2. The van der Waals surface area contributed by atoms with Gasteiger partial charge in [0.2, 0.25) is 5.91 Å². The first kappa shape index (κ1) is 32.5. The molecule has 0 aliphatic heterocycles. The van der Waals surface area contributed by atoms with Crippen LogP contribution in [0.4, 0.5) is 24.5 Å². The Morgan fingerprint density at radius 3 is 2.10 bits per heavy atom. The minimum Gasteiger partial charge on any atom is -0.480 e. The number of halogens is 3. The highest BCUT2D eigenvalue weighted by Gasteiger charge is 2.30. The number of esters is 1. The van der Waals surface area contributed by atoms with E-state index < -0.39 is 36.2 Å². The van der Waals surface area contributed by atoms with Crippen LogP contribution in [0.15, 0.2) is 48.5 Å². The van der Waals surface area contributed by atoms with Crippen molar-refractivity contribution in [3.8, 4) is 0 Å². The molecule has 0 fully saturated rings. The summed E-state index contributed by atoms with van der Waals surface area (Å²) in [6.07, 6.45) is -4.49. The average Bonchev–Trinajstić information content (AvgIpc) is 2.91. The van der Waals surface area contributed by atoms with Crippen LogP contribution in [0, 0.1) is 0 Å². The maximum atomic E-state index is 13.0. The number of carbonyl (C=O) groups excluding carboxylic acids is 2. The minimum atomic E-state index is -4.49. The molecule has 3 N–H and O–H groups in total. The molecule has 0 bridgehead atoms. The number of anilines is 2. The molecule has 0 aliphatic rings. The molecule has 0 unspecified atom stereocenters. The van der Waals surface area contributed by atoms with E-state index in [0.29, 0.717) is 12.3 Å². The maximum Gasteiger partial charge on any atom is 0.416 e. The van der Waals surface area contributed by atoms with Gasteiger partial charge in [-0.3, -0.25) is 4.79 Å². The number of benzene rings is 2. The van der Waals surface area contributed by atoms with E-state index in [4.69, 9.17) is 24.1 Å². The van der Waals surface area contributed by atoms with Crippen molar-refractivity contribution in [3.05, 3.63) is 59.7 Å². The second-order valence-electron chi connectivity index (χ2n) is 7.96. The molecule has 0 saturated carbocycles. The predicted octanol–water partition coefficient (Wildman–Crippen LogP) is 2.87. The molecule has 0 radical (unpaired) electrons. The van der Waals surface area contributed by atoms with Crippen molar-refractivity contribution in [2.45, 2.75) is 6.18 Å². The van der Waals surface area contributed by atoms with E-state index in [1.807, 2.05) is 0 Å². The van der Waals surface area contributed by atoms with E-state index in [1.54, 1.807) is 18.2 Å². The summed E-state index contributed by atoms with van der Waals surface area (Å²) in [7, 11) is 0. The zero-order valence-corrected chi connectivity index (χ0v) is 21.5. The van der Waals surface area contributed by atoms with E-state index in [2.05, 4.69) is 15.4 Å². The van der Waals surface area contributed by atoms with E-state index in [9.17, 15) is 27.6 Å². The lowest BCUT2D eigenvalue weighted by molar-refractivity contribution is -0.143. The highest BCUT2D eigenvalue weighted by atomic mass is 19.4. The number of alkyl halides is 3. The molecule has 11 nitrogen and oxygen atoms in total. The van der Waals surface area contributed by atoms with Gasteiger partial charge in [0, 0.05) is 12.2 Å². The molecular weight excluding hydrogens is 541 g/mol. The fourth-order valence-electron chi connectivity index (χ4n) is 3.06. The molecule has 40 heavy (non-hydrogen) atoms. The molecule has 14 heteroatoms. The number of ether oxygens (including phenoxy) is 5. The second-order valence-corrected chi connectivity index (χ2v) is 7.96. The van der Waals surface area contributed by atoms with Crippen molar-refractivity contribution in [3.63, 3.8) is 0 Å². The Hall–Kier alpha value is -3.72. The number of hydrogen-bond acceptors (Lipinski definition) is 9. The van der Waals surface area contributed by atoms with Gasteiger partial charge in [-0.25, -0.2) is 9.59 Å². The molecule has 2 rings (SSSR count). The normalized spacial score (nSPS) is 11.2. The second kappa shape index (κ2) is 17.8. The van der Waals surface area contributed by atoms with Crippen LogP contribution in [0.2, 0.25) is 0 Å². The number of carbonyl (C=O) groups is 3. The molecule has 1 amide bonds. The van der Waals surface area contributed by atoms with Gasteiger partial charge in [-0.2, -0.15) is 13.2 Å². The number of carboxylic acid groups (broad SMARTS) is 1. The first-order chi connectivity index (χ1) is 19.2. The van der Waals surface area contributed by atoms with Crippen LogP contribution in [0.3, 0.4) is 0 Å². The van der Waals surface area contributed by atoms with Gasteiger partial charge in [0.25, 0.3) is 0 Å². The molecule has 0 aliphatic carbocycles. The van der Waals surface area contributed by atoms with Gasteiger partial charge in [-0.1, -0.05) is 18.2 Å². The zero-order valence-electron chi connectivity index (χ0n) is 21.5. The lowest BCUT2D eigenvalue weighted by Crippen LogP contribution is -2.31. The summed E-state index contributed by atoms with van der Waals surface area (Å²) in [5, 5.41) is 13.7. The van der Waals surface area contributed by atoms with Gasteiger partial charge in [-0.05, 0) is 30.3 Å². The van der Waals surface area contributed by atoms with E-state index in [-0.39, 0.29) is 64.0 Å². The molecule has 0 heterocycles. The summed E-state index contributed by atoms with van der Waals surface area (Å²) >= 11 is 0. The Labute approximate surface area is 228 Å². The Kier molecular flexibility index (Phi) is 14.4. The third-order valence-electron chi connectivity index (χ3n) is 4.85. The Balaban J connectivity index is 1.54. The zero-order chi connectivity index (χ0) is 29.2. The predicted molar refractivity (Wildman–Crippen MR) is 135 cm³/mol. The van der Waals surface area contributed by atoms with Crippen molar-refractivity contribution in [1.29, 1.82) is 0 Å². The number of aliphatic carboxylic acids is 1. The summed E-state index contributed by atoms with van der Waals surface area (Å²) in [6.45, 7) is 0.784. The molecular formula is C26H31F3N2O9. The minimum absolute atomic E-state index is 0.0348. The summed E-state index contributed by atoms with van der Waals surface area (Å²) in [6, 6.07) is 11.0. The van der Waals surface area contributed by atoms with Crippen LogP contribution in [0.1, 0.15) is 15.9 Å². The van der Waals surface area contributed by atoms with E-state index in [1.165, 1.54) is 18.2 Å². The first-order valence-corrected chi connectivity index (χ1v) is 12.2. The highest BCUT2D eigenvalue weighted by Crippen LogP contribution is 2.32. The highest BCUT2D eigenvalue weighted by molar-refractivity contribution is 5.96. The van der Waals surface area contributed by atoms with E-state index in [0.717, 1.165) is 12.1 Å². The Morgan fingerprint density at radius 1 is 0.775 bits per heavy atom. The summed E-state index contributed by atoms with van der Waals surface area (Å²) in [5.41, 5.74) is -0.170. The lowest BCUT2D eigenvalue weighted by atomic mass is 10.1. The van der Waals surface area contributed by atoms with Crippen LogP contribution >= 0.6 is 0 Å². The molecule has 220 valence electrons. The van der Waals surface area contributed by atoms with Gasteiger partial charge in [0.1, 0.15) is 19.8 Å². The largest absolute Gasteiger partial charge is 0.480 e. The number of nitrogens with one attached hydrogen (secondary N) is 2. The van der Waals surface area contributed by atoms with Crippen molar-refractivity contribution in [2.24, 2.45) is 0 Å². The van der Waals surface area contributed by atoms with Crippen molar-refractivity contribution in [2.75, 3.05) is 71.3 Å². The quantitative estimate of drug-likeness (QED) is 0.170. The van der Waals surface area contributed by atoms with Gasteiger partial charge in [0.05, 0.1) is 56.5 Å². The summed E-state index contributed by atoms with van der Waals surface area (Å²) in [5.74, 6) is -2.26.